The summed E-state index contributed by atoms with van der Waals surface area (Å²) in [6, 6.07) is 6.09. The predicted molar refractivity (Wildman–Crippen MR) is 142 cm³/mol. The van der Waals surface area contributed by atoms with Crippen molar-refractivity contribution in [2.75, 3.05) is 35.5 Å². The van der Waals surface area contributed by atoms with Crippen LogP contribution in [0.1, 0.15) is 60.3 Å². The van der Waals surface area contributed by atoms with Gasteiger partial charge in [0.15, 0.2) is 5.65 Å². The number of likely N-dealkylation sites (tertiary alicyclic amines) is 1. The molecular weight excluding hydrogens is 519 g/mol. The van der Waals surface area contributed by atoms with Crippen LogP contribution in [0.3, 0.4) is 0 Å². The van der Waals surface area contributed by atoms with E-state index >= 15 is 0 Å². The maximum absolute atomic E-state index is 14.5. The molecule has 0 radical (unpaired) electrons. The summed E-state index contributed by atoms with van der Waals surface area (Å²) >= 11 is 6.18. The van der Waals surface area contributed by atoms with Gasteiger partial charge in [0.1, 0.15) is 11.5 Å². The fourth-order valence-electron chi connectivity index (χ4n) is 5.23. The maximum Gasteiger partial charge on any atom is 0.256 e. The number of rotatable bonds is 5. The number of sulfonamides is 1. The van der Waals surface area contributed by atoms with E-state index in [9.17, 15) is 17.6 Å². The molecule has 9 nitrogen and oxygen atoms in total. The van der Waals surface area contributed by atoms with Crippen LogP contribution >= 0.6 is 11.6 Å². The number of nitrogens with zero attached hydrogens (tertiary/aromatic N) is 5. The Bertz CT molecular complexity index is 1470. The second-order valence-corrected chi connectivity index (χ2v) is 12.5. The number of hydrogen-bond acceptors (Lipinski definition) is 6. The molecular formula is C25H30ClFN6O3S. The minimum absolute atomic E-state index is 0.184. The number of piperidine rings is 1. The van der Waals surface area contributed by atoms with Crippen molar-refractivity contribution < 1.29 is 17.6 Å². The third kappa shape index (κ3) is 5.38. The largest absolute Gasteiger partial charge is 0.353 e. The van der Waals surface area contributed by atoms with Crippen molar-refractivity contribution in [3.05, 3.63) is 52.3 Å². The van der Waals surface area contributed by atoms with E-state index in [4.69, 9.17) is 21.7 Å². The number of aryl methyl sites for hydroxylation is 1. The number of nitrogens with one attached hydrogen (secondary N) is 1. The second kappa shape index (κ2) is 9.43. The molecule has 1 N–H and O–H groups in total. The molecule has 37 heavy (non-hydrogen) atoms. The zero-order chi connectivity index (χ0) is 26.5. The minimum atomic E-state index is -3.60. The van der Waals surface area contributed by atoms with Crippen LogP contribution in [0.5, 0.6) is 0 Å². The Morgan fingerprint density at radius 3 is 2.73 bits per heavy atom. The summed E-state index contributed by atoms with van der Waals surface area (Å²) in [6.07, 6.45) is 5.84. The molecule has 2 fully saturated rings. The molecule has 2 aromatic heterocycles. The molecule has 5 rings (SSSR count). The summed E-state index contributed by atoms with van der Waals surface area (Å²) in [5.74, 6) is 0.423. The average molecular weight is 549 g/mol. The lowest BCUT2D eigenvalue weighted by molar-refractivity contribution is 0.0607. The van der Waals surface area contributed by atoms with Crippen molar-refractivity contribution in [3.63, 3.8) is 0 Å². The summed E-state index contributed by atoms with van der Waals surface area (Å²) in [5, 5.41) is 5.08. The van der Waals surface area contributed by atoms with E-state index in [1.807, 2.05) is 24.1 Å². The maximum atomic E-state index is 14.5. The zero-order valence-corrected chi connectivity index (χ0v) is 22.6. The molecule has 2 aliphatic rings. The molecule has 3 aromatic rings. The Balaban J connectivity index is 1.48. The van der Waals surface area contributed by atoms with Gasteiger partial charge in [0.05, 0.1) is 35.8 Å². The van der Waals surface area contributed by atoms with Gasteiger partial charge >= 0.3 is 0 Å². The van der Waals surface area contributed by atoms with E-state index in [-0.39, 0.29) is 23.2 Å². The third-order valence-electron chi connectivity index (χ3n) is 6.96. The highest BCUT2D eigenvalue weighted by molar-refractivity contribution is 7.92. The van der Waals surface area contributed by atoms with Gasteiger partial charge in [-0.15, -0.1) is 0 Å². The van der Waals surface area contributed by atoms with E-state index in [1.165, 1.54) is 12.1 Å². The van der Waals surface area contributed by atoms with E-state index in [0.717, 1.165) is 30.5 Å². The number of carbonyl (C=O) groups excluding carboxylic acids is 1. The topological polar surface area (TPSA) is 99.9 Å². The smallest absolute Gasteiger partial charge is 0.256 e. The highest BCUT2D eigenvalue weighted by Gasteiger charge is 2.35. The first kappa shape index (κ1) is 25.7. The molecule has 1 amide bonds. The molecule has 0 spiro atoms. The van der Waals surface area contributed by atoms with E-state index < -0.39 is 15.7 Å². The van der Waals surface area contributed by atoms with Gasteiger partial charge in [0.2, 0.25) is 10.0 Å². The summed E-state index contributed by atoms with van der Waals surface area (Å²) in [7, 11) is -3.60. The van der Waals surface area contributed by atoms with Crippen molar-refractivity contribution in [2.24, 2.45) is 0 Å². The van der Waals surface area contributed by atoms with Crippen LogP contribution in [0.2, 0.25) is 5.02 Å². The normalized spacial score (nSPS) is 22.6. The fourth-order valence-corrected chi connectivity index (χ4v) is 5.98. The van der Waals surface area contributed by atoms with Crippen molar-refractivity contribution >= 4 is 44.7 Å². The summed E-state index contributed by atoms with van der Waals surface area (Å²) in [4.78, 5) is 22.2. The highest BCUT2D eigenvalue weighted by Crippen LogP contribution is 2.35. The van der Waals surface area contributed by atoms with E-state index in [2.05, 4.69) is 4.72 Å². The molecule has 0 saturated carbocycles. The Hall–Kier alpha value is -2.92. The molecule has 0 bridgehead atoms. The van der Waals surface area contributed by atoms with Gasteiger partial charge in [-0.2, -0.15) is 5.10 Å². The molecule has 2 aliphatic heterocycles. The second-order valence-electron chi connectivity index (χ2n) is 10.3. The lowest BCUT2D eigenvalue weighted by Gasteiger charge is -2.35. The molecule has 2 atom stereocenters. The van der Waals surface area contributed by atoms with Crippen molar-refractivity contribution in [3.8, 4) is 0 Å². The Kier molecular flexibility index (Phi) is 6.56. The Morgan fingerprint density at radius 1 is 1.24 bits per heavy atom. The number of hydrogen-bond donors (Lipinski definition) is 1. The van der Waals surface area contributed by atoms with E-state index in [0.29, 0.717) is 48.8 Å². The standard InChI is InChI=1S/C25H30ClFN6O3S/c1-16-14-33-22(28-23(16)31-11-9-25(2,27)15-31)13-20(29-33)21-6-4-5-10-32(21)24(34)18-12-17(26)7-8-19(18)30-37(3,35)36/h7-8,12-14,21,30H,4-6,9-11,15H2,1-3H3/t21-,25?/m0/s1. The molecule has 1 aromatic carbocycles. The Morgan fingerprint density at radius 2 is 2.03 bits per heavy atom. The minimum Gasteiger partial charge on any atom is -0.353 e. The predicted octanol–water partition coefficient (Wildman–Crippen LogP) is 4.37. The zero-order valence-electron chi connectivity index (χ0n) is 21.0. The van der Waals surface area contributed by atoms with Crippen molar-refractivity contribution in [1.82, 2.24) is 19.5 Å². The first-order valence-electron chi connectivity index (χ1n) is 12.3. The SMILES string of the molecule is Cc1cn2nc([C@@H]3CCCCN3C(=O)c3cc(Cl)ccc3NS(C)(=O)=O)cc2nc1N1CCC(C)(F)C1. The number of halogens is 2. The number of aromatic nitrogens is 3. The lowest BCUT2D eigenvalue weighted by Crippen LogP contribution is -2.39. The van der Waals surface area contributed by atoms with Crippen LogP contribution in [-0.2, 0) is 10.0 Å². The number of benzene rings is 1. The number of amides is 1. The lowest BCUT2D eigenvalue weighted by atomic mass is 9.98. The van der Waals surface area contributed by atoms with Crippen LogP contribution in [0, 0.1) is 6.92 Å². The molecule has 0 aliphatic carbocycles. The molecule has 12 heteroatoms. The first-order chi connectivity index (χ1) is 17.4. The summed E-state index contributed by atoms with van der Waals surface area (Å²) in [5.41, 5.74) is 1.36. The number of fused-ring (bicyclic) bond motifs is 1. The molecule has 4 heterocycles. The first-order valence-corrected chi connectivity index (χ1v) is 14.6. The van der Waals surface area contributed by atoms with E-state index in [1.54, 1.807) is 22.4 Å². The highest BCUT2D eigenvalue weighted by atomic mass is 35.5. The van der Waals surface area contributed by atoms with Crippen molar-refractivity contribution in [2.45, 2.75) is 51.2 Å². The Labute approximate surface area is 220 Å². The van der Waals surface area contributed by atoms with Gasteiger partial charge in [-0.3, -0.25) is 9.52 Å². The van der Waals surface area contributed by atoms with Crippen LogP contribution in [0.15, 0.2) is 30.5 Å². The van der Waals surface area contributed by atoms with Crippen LogP contribution in [0.25, 0.3) is 5.65 Å². The number of alkyl halides is 1. The average Bonchev–Trinajstić information content (AvgIpc) is 3.40. The van der Waals surface area contributed by atoms with Gasteiger partial charge < -0.3 is 9.80 Å². The van der Waals surface area contributed by atoms with Crippen LogP contribution in [-0.4, -0.2) is 65.4 Å². The van der Waals surface area contributed by atoms with Gasteiger partial charge in [-0.1, -0.05) is 11.6 Å². The van der Waals surface area contributed by atoms with Gasteiger partial charge in [0, 0.05) is 42.4 Å². The number of anilines is 2. The fraction of sp³-hybridized carbons (Fsp3) is 0.480. The summed E-state index contributed by atoms with van der Waals surface area (Å²) < 4.78 is 42.4. The van der Waals surface area contributed by atoms with Crippen LogP contribution in [0.4, 0.5) is 15.9 Å². The van der Waals surface area contributed by atoms with Gasteiger partial charge in [-0.05, 0) is 51.3 Å². The third-order valence-corrected chi connectivity index (χ3v) is 7.79. The number of carbonyl (C=O) groups is 1. The van der Waals surface area contributed by atoms with Crippen molar-refractivity contribution in [1.29, 1.82) is 0 Å². The van der Waals surface area contributed by atoms with Crippen LogP contribution < -0.4 is 9.62 Å². The molecule has 1 unspecified atom stereocenters. The monoisotopic (exact) mass is 548 g/mol. The molecule has 2 saturated heterocycles. The quantitative estimate of drug-likeness (QED) is 0.508. The molecule has 198 valence electrons. The van der Waals surface area contributed by atoms with Gasteiger partial charge in [-0.25, -0.2) is 22.3 Å². The van der Waals surface area contributed by atoms with Gasteiger partial charge in [0.25, 0.3) is 5.91 Å². The summed E-state index contributed by atoms with van der Waals surface area (Å²) in [6.45, 7) is 4.95.